The minimum atomic E-state index is -0.970. The number of aryl methyl sites for hydroxylation is 1. The SMILES string of the molecule is Cc1cccc(C#N)c1NC(C)(C)C(C)(C)C(=O)O. The largest absolute Gasteiger partial charge is 0.481 e. The first-order chi connectivity index (χ1) is 8.63. The van der Waals surface area contributed by atoms with Crippen LogP contribution in [0.5, 0.6) is 0 Å². The molecule has 0 radical (unpaired) electrons. The van der Waals surface area contributed by atoms with Crippen molar-refractivity contribution in [3.05, 3.63) is 29.3 Å². The summed E-state index contributed by atoms with van der Waals surface area (Å²) in [5.41, 5.74) is 0.477. The molecule has 0 fully saturated rings. The number of nitrogens with zero attached hydrogens (tertiary/aromatic N) is 1. The summed E-state index contributed by atoms with van der Waals surface area (Å²) in [4.78, 5) is 11.4. The highest BCUT2D eigenvalue weighted by Gasteiger charge is 2.43. The number of carboxylic acid groups (broad SMARTS) is 1. The van der Waals surface area contributed by atoms with Crippen LogP contribution in [0.1, 0.15) is 38.8 Å². The molecule has 0 atom stereocenters. The van der Waals surface area contributed by atoms with Crippen molar-refractivity contribution < 1.29 is 9.90 Å². The minimum absolute atomic E-state index is 0.522. The number of carboxylic acids is 1. The van der Waals surface area contributed by atoms with Gasteiger partial charge in [0.1, 0.15) is 6.07 Å². The van der Waals surface area contributed by atoms with Crippen LogP contribution in [0, 0.1) is 23.7 Å². The molecule has 0 heterocycles. The van der Waals surface area contributed by atoms with Crippen molar-refractivity contribution >= 4 is 11.7 Å². The highest BCUT2D eigenvalue weighted by molar-refractivity contribution is 5.77. The molecule has 0 aliphatic carbocycles. The Balaban J connectivity index is 3.23. The standard InChI is InChI=1S/C15H20N2O2/c1-10-7-6-8-11(9-16)12(10)17-15(4,5)14(2,3)13(18)19/h6-8,17H,1-5H3,(H,18,19). The van der Waals surface area contributed by atoms with E-state index in [-0.39, 0.29) is 0 Å². The van der Waals surface area contributed by atoms with Crippen LogP contribution < -0.4 is 5.32 Å². The fraction of sp³-hybridized carbons (Fsp3) is 0.467. The first-order valence-corrected chi connectivity index (χ1v) is 6.15. The average molecular weight is 260 g/mol. The monoisotopic (exact) mass is 260 g/mol. The van der Waals surface area contributed by atoms with Crippen molar-refractivity contribution in [3.8, 4) is 6.07 Å². The summed E-state index contributed by atoms with van der Waals surface area (Å²) in [6.45, 7) is 8.90. The maximum Gasteiger partial charge on any atom is 0.311 e. The van der Waals surface area contributed by atoms with Gasteiger partial charge in [0.05, 0.1) is 16.7 Å². The number of aliphatic carboxylic acids is 1. The Kier molecular flexibility index (Phi) is 3.90. The van der Waals surface area contributed by atoms with Gasteiger partial charge in [-0.1, -0.05) is 12.1 Å². The molecule has 0 unspecified atom stereocenters. The Morgan fingerprint density at radius 2 is 1.89 bits per heavy atom. The third kappa shape index (κ3) is 2.70. The summed E-state index contributed by atoms with van der Waals surface area (Å²) < 4.78 is 0. The molecule has 1 aromatic rings. The number of carbonyl (C=O) groups is 1. The van der Waals surface area contributed by atoms with Gasteiger partial charge in [-0.05, 0) is 46.2 Å². The van der Waals surface area contributed by atoms with E-state index < -0.39 is 16.9 Å². The van der Waals surface area contributed by atoms with Gasteiger partial charge in [-0.3, -0.25) is 4.79 Å². The Bertz CT molecular complexity index is 540. The van der Waals surface area contributed by atoms with Crippen LogP contribution in [0.3, 0.4) is 0 Å². The molecule has 102 valence electrons. The van der Waals surface area contributed by atoms with Crippen LogP contribution in [0.2, 0.25) is 0 Å². The van der Waals surface area contributed by atoms with E-state index in [1.54, 1.807) is 19.9 Å². The quantitative estimate of drug-likeness (QED) is 0.872. The normalized spacial score (nSPS) is 11.8. The van der Waals surface area contributed by atoms with E-state index in [1.165, 1.54) is 0 Å². The molecule has 19 heavy (non-hydrogen) atoms. The van der Waals surface area contributed by atoms with Gasteiger partial charge in [0.25, 0.3) is 0 Å². The highest BCUT2D eigenvalue weighted by atomic mass is 16.4. The van der Waals surface area contributed by atoms with Gasteiger partial charge in [0.15, 0.2) is 0 Å². The number of rotatable bonds is 4. The number of nitriles is 1. The zero-order valence-corrected chi connectivity index (χ0v) is 12.0. The van der Waals surface area contributed by atoms with Crippen LogP contribution in [-0.2, 0) is 4.79 Å². The van der Waals surface area contributed by atoms with E-state index >= 15 is 0 Å². The second kappa shape index (κ2) is 4.93. The first kappa shape index (κ1) is 15.0. The predicted molar refractivity (Wildman–Crippen MR) is 75.0 cm³/mol. The van der Waals surface area contributed by atoms with E-state index in [1.807, 2.05) is 32.9 Å². The lowest BCUT2D eigenvalue weighted by atomic mass is 9.74. The molecule has 1 rings (SSSR count). The lowest BCUT2D eigenvalue weighted by molar-refractivity contribution is -0.149. The molecule has 2 N–H and O–H groups in total. The molecule has 1 aromatic carbocycles. The molecule has 0 aliphatic rings. The zero-order valence-electron chi connectivity index (χ0n) is 12.0. The van der Waals surface area contributed by atoms with Gasteiger partial charge < -0.3 is 10.4 Å². The van der Waals surface area contributed by atoms with E-state index in [9.17, 15) is 9.90 Å². The molecule has 4 nitrogen and oxygen atoms in total. The molecule has 4 heteroatoms. The van der Waals surface area contributed by atoms with Gasteiger partial charge in [0.2, 0.25) is 0 Å². The number of hydrogen-bond donors (Lipinski definition) is 2. The third-order valence-electron chi connectivity index (χ3n) is 3.93. The van der Waals surface area contributed by atoms with Gasteiger partial charge in [-0.2, -0.15) is 5.26 Å². The fourth-order valence-corrected chi connectivity index (χ4v) is 1.66. The van der Waals surface area contributed by atoms with Crippen molar-refractivity contribution in [1.82, 2.24) is 0 Å². The Hall–Kier alpha value is -2.02. The summed E-state index contributed by atoms with van der Waals surface area (Å²) in [5, 5.41) is 21.7. The highest BCUT2D eigenvalue weighted by Crippen LogP contribution is 2.35. The molecule has 0 bridgehead atoms. The lowest BCUT2D eigenvalue weighted by Gasteiger charge is -2.40. The molecule has 0 aromatic heterocycles. The zero-order chi connectivity index (χ0) is 14.8. The molecule has 0 spiro atoms. The molecule has 0 amide bonds. The van der Waals surface area contributed by atoms with Crippen molar-refractivity contribution in [3.63, 3.8) is 0 Å². The number of para-hydroxylation sites is 1. The van der Waals surface area contributed by atoms with Crippen molar-refractivity contribution in [2.75, 3.05) is 5.32 Å². The molecular weight excluding hydrogens is 240 g/mol. The second-order valence-corrected chi connectivity index (χ2v) is 5.79. The summed E-state index contributed by atoms with van der Waals surface area (Å²) in [6.07, 6.45) is 0. The Morgan fingerprint density at radius 1 is 1.32 bits per heavy atom. The Labute approximate surface area is 114 Å². The topological polar surface area (TPSA) is 73.1 Å². The van der Waals surface area contributed by atoms with E-state index in [4.69, 9.17) is 5.26 Å². The third-order valence-corrected chi connectivity index (χ3v) is 3.93. The van der Waals surface area contributed by atoms with Gasteiger partial charge in [-0.15, -0.1) is 0 Å². The maximum absolute atomic E-state index is 11.4. The lowest BCUT2D eigenvalue weighted by Crippen LogP contribution is -2.50. The summed E-state index contributed by atoms with van der Waals surface area (Å²) >= 11 is 0. The van der Waals surface area contributed by atoms with E-state index in [0.29, 0.717) is 11.3 Å². The van der Waals surface area contributed by atoms with Gasteiger partial charge >= 0.3 is 5.97 Å². The second-order valence-electron chi connectivity index (χ2n) is 5.79. The number of hydrogen-bond acceptors (Lipinski definition) is 3. The Morgan fingerprint density at radius 3 is 2.37 bits per heavy atom. The van der Waals surface area contributed by atoms with Gasteiger partial charge in [-0.25, -0.2) is 0 Å². The van der Waals surface area contributed by atoms with E-state index in [0.717, 1.165) is 5.56 Å². The molecular formula is C15H20N2O2. The van der Waals surface area contributed by atoms with Crippen LogP contribution in [0.4, 0.5) is 5.69 Å². The first-order valence-electron chi connectivity index (χ1n) is 6.15. The van der Waals surface area contributed by atoms with Crippen LogP contribution in [-0.4, -0.2) is 16.6 Å². The molecule has 0 aliphatic heterocycles. The van der Waals surface area contributed by atoms with Crippen LogP contribution >= 0.6 is 0 Å². The molecule has 0 saturated carbocycles. The van der Waals surface area contributed by atoms with E-state index in [2.05, 4.69) is 11.4 Å². The van der Waals surface area contributed by atoms with Crippen molar-refractivity contribution in [2.24, 2.45) is 5.41 Å². The average Bonchev–Trinajstić information content (AvgIpc) is 2.31. The molecule has 0 saturated heterocycles. The summed E-state index contributed by atoms with van der Waals surface area (Å²) in [5.74, 6) is -0.878. The van der Waals surface area contributed by atoms with Crippen molar-refractivity contribution in [1.29, 1.82) is 5.26 Å². The minimum Gasteiger partial charge on any atom is -0.481 e. The van der Waals surface area contributed by atoms with Gasteiger partial charge in [0, 0.05) is 5.54 Å². The number of benzene rings is 1. The maximum atomic E-state index is 11.4. The van der Waals surface area contributed by atoms with Crippen LogP contribution in [0.25, 0.3) is 0 Å². The van der Waals surface area contributed by atoms with Crippen LogP contribution in [0.15, 0.2) is 18.2 Å². The number of nitrogens with one attached hydrogen (secondary N) is 1. The van der Waals surface area contributed by atoms with Crippen molar-refractivity contribution in [2.45, 2.75) is 40.2 Å². The number of anilines is 1. The fourth-order valence-electron chi connectivity index (χ4n) is 1.66. The summed E-state index contributed by atoms with van der Waals surface area (Å²) in [6, 6.07) is 7.56. The summed E-state index contributed by atoms with van der Waals surface area (Å²) in [7, 11) is 0. The predicted octanol–water partition coefficient (Wildman–Crippen LogP) is 3.17. The smallest absolute Gasteiger partial charge is 0.311 e.